The first-order chi connectivity index (χ1) is 8.16. The van der Waals surface area contributed by atoms with Gasteiger partial charge in [0.05, 0.1) is 12.0 Å². The van der Waals surface area contributed by atoms with Gasteiger partial charge in [-0.3, -0.25) is 0 Å². The van der Waals surface area contributed by atoms with E-state index in [-0.39, 0.29) is 5.88 Å². The summed E-state index contributed by atoms with van der Waals surface area (Å²) in [6.45, 7) is 1.17. The third-order valence-corrected chi connectivity index (χ3v) is 2.09. The van der Waals surface area contributed by atoms with E-state index in [1.807, 2.05) is 6.92 Å². The Morgan fingerprint density at radius 3 is 2.88 bits per heavy atom. The largest absolute Gasteiger partial charge is 0.470 e. The summed E-state index contributed by atoms with van der Waals surface area (Å²) in [5.74, 6) is 0.171. The molecule has 90 valence electrons. The summed E-state index contributed by atoms with van der Waals surface area (Å²) in [6.07, 6.45) is 2.33. The van der Waals surface area contributed by atoms with Gasteiger partial charge in [0.25, 0.3) is 6.43 Å². The Kier molecular flexibility index (Phi) is 3.32. The highest BCUT2D eigenvalue weighted by atomic mass is 19.3. The Labute approximate surface area is 96.9 Å². The molecule has 0 amide bonds. The van der Waals surface area contributed by atoms with Gasteiger partial charge < -0.3 is 9.30 Å². The van der Waals surface area contributed by atoms with Gasteiger partial charge in [0.2, 0.25) is 5.88 Å². The first-order valence-electron chi connectivity index (χ1n) is 5.04. The molecule has 0 radical (unpaired) electrons. The Hall–Kier alpha value is -1.98. The summed E-state index contributed by atoms with van der Waals surface area (Å²) < 4.78 is 30.8. The molecule has 0 unspecified atom stereocenters. The zero-order valence-corrected chi connectivity index (χ0v) is 9.18. The fourth-order valence-electron chi connectivity index (χ4n) is 1.38. The smallest absolute Gasteiger partial charge is 0.272 e. The fourth-order valence-corrected chi connectivity index (χ4v) is 1.38. The van der Waals surface area contributed by atoms with Crippen molar-refractivity contribution in [3.63, 3.8) is 0 Å². The predicted molar refractivity (Wildman–Crippen MR) is 57.6 cm³/mol. The van der Waals surface area contributed by atoms with Gasteiger partial charge in [0.1, 0.15) is 5.69 Å². The minimum absolute atomic E-state index is 0.171. The number of rotatable bonds is 4. The summed E-state index contributed by atoms with van der Waals surface area (Å²) in [5, 5.41) is 0. The molecule has 0 atom stereocenters. The number of hydrogen-bond acceptors (Lipinski definition) is 3. The standard InChI is InChI=1S/C11H11F2N3O/c1-8-5-16(7-15-8)9-3-2-4-14-11(9)17-6-10(12)13/h2-5,7,10H,6H2,1H3. The fraction of sp³-hybridized carbons (Fsp3) is 0.273. The molecule has 0 aliphatic heterocycles. The summed E-state index contributed by atoms with van der Waals surface area (Å²) in [5.41, 5.74) is 1.42. The first-order valence-corrected chi connectivity index (χ1v) is 5.04. The van der Waals surface area contributed by atoms with E-state index in [0.717, 1.165) is 5.69 Å². The van der Waals surface area contributed by atoms with Crippen molar-refractivity contribution in [1.29, 1.82) is 0 Å². The molecular formula is C11H11F2N3O. The maximum atomic E-state index is 12.1. The van der Waals surface area contributed by atoms with E-state index in [0.29, 0.717) is 5.69 Å². The molecule has 2 rings (SSSR count). The van der Waals surface area contributed by atoms with Gasteiger partial charge in [-0.05, 0) is 19.1 Å². The molecule has 0 fully saturated rings. The van der Waals surface area contributed by atoms with Gasteiger partial charge in [-0.25, -0.2) is 18.7 Å². The van der Waals surface area contributed by atoms with Crippen LogP contribution < -0.4 is 4.74 Å². The van der Waals surface area contributed by atoms with Gasteiger partial charge in [-0.2, -0.15) is 0 Å². The van der Waals surface area contributed by atoms with Crippen LogP contribution in [0.4, 0.5) is 8.78 Å². The molecule has 4 nitrogen and oxygen atoms in total. The van der Waals surface area contributed by atoms with Crippen molar-refractivity contribution >= 4 is 0 Å². The molecule has 17 heavy (non-hydrogen) atoms. The van der Waals surface area contributed by atoms with Gasteiger partial charge in [0, 0.05) is 12.4 Å². The lowest BCUT2D eigenvalue weighted by Gasteiger charge is -2.09. The lowest BCUT2D eigenvalue weighted by atomic mass is 10.4. The lowest BCUT2D eigenvalue weighted by molar-refractivity contribution is 0.0795. The molecule has 0 aromatic carbocycles. The molecule has 2 aromatic rings. The number of pyridine rings is 1. The minimum Gasteiger partial charge on any atom is -0.470 e. The highest BCUT2D eigenvalue weighted by molar-refractivity contribution is 5.41. The van der Waals surface area contributed by atoms with Crippen LogP contribution in [0.2, 0.25) is 0 Å². The van der Waals surface area contributed by atoms with E-state index in [9.17, 15) is 8.78 Å². The van der Waals surface area contributed by atoms with Crippen LogP contribution in [-0.4, -0.2) is 27.6 Å². The Bertz CT molecular complexity index is 499. The van der Waals surface area contributed by atoms with Crippen LogP contribution in [0.3, 0.4) is 0 Å². The monoisotopic (exact) mass is 239 g/mol. The second-order valence-electron chi connectivity index (χ2n) is 3.45. The number of imidazole rings is 1. The van der Waals surface area contributed by atoms with Crippen LogP contribution in [0, 0.1) is 6.92 Å². The van der Waals surface area contributed by atoms with E-state index in [2.05, 4.69) is 9.97 Å². The summed E-state index contributed by atoms with van der Waals surface area (Å²) in [6, 6.07) is 3.44. The predicted octanol–water partition coefficient (Wildman–Crippen LogP) is 2.22. The summed E-state index contributed by atoms with van der Waals surface area (Å²) >= 11 is 0. The number of alkyl halides is 2. The Morgan fingerprint density at radius 2 is 2.24 bits per heavy atom. The van der Waals surface area contributed by atoms with Crippen molar-refractivity contribution in [3.8, 4) is 11.6 Å². The van der Waals surface area contributed by atoms with Crippen molar-refractivity contribution < 1.29 is 13.5 Å². The maximum absolute atomic E-state index is 12.1. The quantitative estimate of drug-likeness (QED) is 0.821. The Morgan fingerprint density at radius 1 is 1.41 bits per heavy atom. The highest BCUT2D eigenvalue weighted by Crippen LogP contribution is 2.20. The zero-order chi connectivity index (χ0) is 12.3. The highest BCUT2D eigenvalue weighted by Gasteiger charge is 2.10. The molecule has 2 aromatic heterocycles. The van der Waals surface area contributed by atoms with Gasteiger partial charge in [-0.1, -0.05) is 0 Å². The van der Waals surface area contributed by atoms with E-state index in [1.165, 1.54) is 6.20 Å². The number of hydrogen-bond donors (Lipinski definition) is 0. The summed E-state index contributed by atoms with van der Waals surface area (Å²) in [4.78, 5) is 7.99. The van der Waals surface area contributed by atoms with Crippen molar-refractivity contribution in [2.24, 2.45) is 0 Å². The van der Waals surface area contributed by atoms with Crippen molar-refractivity contribution in [1.82, 2.24) is 14.5 Å². The van der Waals surface area contributed by atoms with Crippen LogP contribution in [0.25, 0.3) is 5.69 Å². The first kappa shape index (κ1) is 11.5. The third kappa shape index (κ3) is 2.77. The SMILES string of the molecule is Cc1cn(-c2cccnc2OCC(F)F)cn1. The maximum Gasteiger partial charge on any atom is 0.272 e. The second-order valence-corrected chi connectivity index (χ2v) is 3.45. The molecule has 2 heterocycles. The number of halogens is 2. The van der Waals surface area contributed by atoms with Crippen molar-refractivity contribution in [3.05, 3.63) is 36.5 Å². The van der Waals surface area contributed by atoms with Crippen molar-refractivity contribution in [2.75, 3.05) is 6.61 Å². The number of aryl methyl sites for hydroxylation is 1. The lowest BCUT2D eigenvalue weighted by Crippen LogP contribution is -2.09. The van der Waals surface area contributed by atoms with Gasteiger partial charge >= 0.3 is 0 Å². The molecule has 0 spiro atoms. The molecule has 0 saturated heterocycles. The minimum atomic E-state index is -2.52. The van der Waals surface area contributed by atoms with Crippen LogP contribution >= 0.6 is 0 Å². The normalized spacial score (nSPS) is 10.8. The van der Waals surface area contributed by atoms with E-state index >= 15 is 0 Å². The van der Waals surface area contributed by atoms with Crippen LogP contribution in [0.5, 0.6) is 5.88 Å². The van der Waals surface area contributed by atoms with E-state index < -0.39 is 13.0 Å². The molecule has 0 N–H and O–H groups in total. The van der Waals surface area contributed by atoms with Crippen molar-refractivity contribution in [2.45, 2.75) is 13.3 Å². The number of aromatic nitrogens is 3. The molecular weight excluding hydrogens is 228 g/mol. The Balaban J connectivity index is 2.27. The molecule has 0 aliphatic carbocycles. The molecule has 0 aliphatic rings. The molecule has 0 bridgehead atoms. The summed E-state index contributed by atoms with van der Waals surface area (Å²) in [7, 11) is 0. The third-order valence-electron chi connectivity index (χ3n) is 2.09. The topological polar surface area (TPSA) is 39.9 Å². The average Bonchev–Trinajstić information content (AvgIpc) is 2.73. The number of nitrogens with zero attached hydrogens (tertiary/aromatic N) is 3. The van der Waals surface area contributed by atoms with E-state index in [4.69, 9.17) is 4.74 Å². The second kappa shape index (κ2) is 4.90. The molecule has 6 heteroatoms. The molecule has 0 saturated carbocycles. The average molecular weight is 239 g/mol. The van der Waals surface area contributed by atoms with E-state index in [1.54, 1.807) is 29.2 Å². The van der Waals surface area contributed by atoms with Crippen LogP contribution in [0.1, 0.15) is 5.69 Å². The van der Waals surface area contributed by atoms with Crippen LogP contribution in [-0.2, 0) is 0 Å². The van der Waals surface area contributed by atoms with Gasteiger partial charge in [0.15, 0.2) is 6.61 Å². The number of ether oxygens (including phenoxy) is 1. The van der Waals surface area contributed by atoms with Gasteiger partial charge in [-0.15, -0.1) is 0 Å². The van der Waals surface area contributed by atoms with Crippen LogP contribution in [0.15, 0.2) is 30.9 Å². The zero-order valence-electron chi connectivity index (χ0n) is 9.18.